The van der Waals surface area contributed by atoms with Crippen LogP contribution in [-0.4, -0.2) is 128 Å². The van der Waals surface area contributed by atoms with Crippen molar-refractivity contribution in [2.45, 2.75) is 123 Å². The van der Waals surface area contributed by atoms with Crippen molar-refractivity contribution in [3.63, 3.8) is 0 Å². The number of ether oxygens (including phenoxy) is 1. The average Bonchev–Trinajstić information content (AvgIpc) is 4.00. The molecule has 2 amide bonds. The van der Waals surface area contributed by atoms with E-state index >= 15 is 0 Å². The van der Waals surface area contributed by atoms with E-state index in [1.807, 2.05) is 12.2 Å². The summed E-state index contributed by atoms with van der Waals surface area (Å²) < 4.78 is 62.7. The van der Waals surface area contributed by atoms with Crippen molar-refractivity contribution < 1.29 is 85.3 Å². The second-order valence-electron chi connectivity index (χ2n) is 21.2. The van der Waals surface area contributed by atoms with Gasteiger partial charge >= 0.3 is 23.5 Å². The standard InChI is InChI=1S/C45H68N7O18P3S/c1-25(29-9-10-30-28-8-7-26-20-27(53)12-15-44(26,4)31(28)13-16-45(29,30)5)6-11-34(55)74-19-18-47-33(54)14-17-48-41(58)38(57)43(2,3)22-67-73(64,65)70-72(62,63)66-21-32-37(69-71(59,60)61)36(56)42(68-32)52-24-51-35-39(46)49-23-50-40(35)52/h6,11,20,23-25,28-32,36-38,42,56-57H,7-10,12-19,21-22H2,1-5H3,(H,47,54)(H,48,58)(H,62,63)(H,64,65)(H2,46,49,50)(H2,59,60,61)/b11-6+/t25-,28+,29-,30+,31+,32-,36-,37-,38+,42-,44+,45-/m1/s1. The van der Waals surface area contributed by atoms with Gasteiger partial charge in [0.1, 0.15) is 36.3 Å². The van der Waals surface area contributed by atoms with E-state index in [-0.39, 0.29) is 64.1 Å². The van der Waals surface area contributed by atoms with Crippen molar-refractivity contribution in [3.8, 4) is 0 Å². The number of aliphatic hydroxyl groups excluding tert-OH is 2. The highest BCUT2D eigenvalue weighted by molar-refractivity contribution is 8.14. The van der Waals surface area contributed by atoms with Gasteiger partial charge in [0.05, 0.1) is 19.5 Å². The van der Waals surface area contributed by atoms with Gasteiger partial charge in [0, 0.05) is 37.1 Å². The Labute approximate surface area is 432 Å². The maximum absolute atomic E-state index is 12.9. The Hall–Kier alpha value is -3.29. The van der Waals surface area contributed by atoms with Crippen LogP contribution in [0.1, 0.15) is 98.6 Å². The van der Waals surface area contributed by atoms with Crippen molar-refractivity contribution in [2.75, 3.05) is 37.8 Å². The van der Waals surface area contributed by atoms with Gasteiger partial charge in [0.15, 0.2) is 23.5 Å². The molecule has 412 valence electrons. The van der Waals surface area contributed by atoms with E-state index in [2.05, 4.69) is 55.2 Å². The summed E-state index contributed by atoms with van der Waals surface area (Å²) >= 11 is 1.09. The zero-order chi connectivity index (χ0) is 54.2. The molecule has 5 aliphatic rings. The van der Waals surface area contributed by atoms with Crippen molar-refractivity contribution in [1.82, 2.24) is 30.2 Å². The van der Waals surface area contributed by atoms with E-state index in [1.54, 1.807) is 6.08 Å². The molecule has 3 heterocycles. The minimum atomic E-state index is -5.59. The van der Waals surface area contributed by atoms with Crippen LogP contribution < -0.4 is 16.4 Å². The molecule has 2 unspecified atom stereocenters. The third-order valence-corrected chi connectivity index (χ3v) is 19.9. The van der Waals surface area contributed by atoms with Gasteiger partial charge in [-0.3, -0.25) is 37.3 Å². The van der Waals surface area contributed by atoms with Gasteiger partial charge in [-0.25, -0.2) is 28.6 Å². The molecular formula is C45H68N7O18P3S. The number of imidazole rings is 1. The number of phosphoric acid groups is 3. The second-order valence-corrected chi connectivity index (χ2v) is 26.5. The summed E-state index contributed by atoms with van der Waals surface area (Å²) in [6.45, 7) is 7.54. The smallest absolute Gasteiger partial charge is 0.386 e. The fourth-order valence-electron chi connectivity index (χ4n) is 12.2. The predicted molar refractivity (Wildman–Crippen MR) is 266 cm³/mol. The van der Waals surface area contributed by atoms with E-state index in [1.165, 1.54) is 32.3 Å². The Bertz CT molecular complexity index is 2650. The molecule has 0 bridgehead atoms. The van der Waals surface area contributed by atoms with Crippen LogP contribution in [-0.2, 0) is 55.5 Å². The molecule has 14 atom stereocenters. The highest BCUT2D eigenvalue weighted by Gasteiger charge is 2.59. The number of allylic oxidation sites excluding steroid dienone is 2. The largest absolute Gasteiger partial charge is 0.481 e. The van der Waals surface area contributed by atoms with Crippen LogP contribution in [0.2, 0.25) is 0 Å². The molecule has 10 N–H and O–H groups in total. The Kier molecular flexibility index (Phi) is 18.1. The minimum absolute atomic E-state index is 0.0294. The Balaban J connectivity index is 0.788. The number of nitrogens with two attached hydrogens (primary N) is 1. The van der Waals surface area contributed by atoms with Crippen LogP contribution in [0.4, 0.5) is 5.82 Å². The highest BCUT2D eigenvalue weighted by atomic mass is 32.2. The summed E-state index contributed by atoms with van der Waals surface area (Å²) in [4.78, 5) is 102. The van der Waals surface area contributed by atoms with Crippen LogP contribution in [0.25, 0.3) is 11.2 Å². The molecule has 29 heteroatoms. The van der Waals surface area contributed by atoms with Crippen LogP contribution in [0.15, 0.2) is 36.5 Å². The lowest BCUT2D eigenvalue weighted by atomic mass is 9.46. The summed E-state index contributed by atoms with van der Waals surface area (Å²) in [6, 6.07) is 0. The molecule has 74 heavy (non-hydrogen) atoms. The lowest BCUT2D eigenvalue weighted by Crippen LogP contribution is -2.50. The van der Waals surface area contributed by atoms with Crippen LogP contribution >= 0.6 is 35.2 Å². The number of carbonyl (C=O) groups is 4. The van der Waals surface area contributed by atoms with Crippen molar-refractivity contribution in [2.24, 2.45) is 45.8 Å². The molecule has 4 aliphatic carbocycles. The van der Waals surface area contributed by atoms with Gasteiger partial charge in [0.2, 0.25) is 16.9 Å². The Morgan fingerprint density at radius 3 is 2.46 bits per heavy atom. The number of aliphatic hydroxyl groups is 2. The van der Waals surface area contributed by atoms with Crippen molar-refractivity contribution >= 4 is 74.9 Å². The third-order valence-electron chi connectivity index (χ3n) is 16.0. The molecule has 2 aromatic rings. The van der Waals surface area contributed by atoms with Gasteiger partial charge in [-0.05, 0) is 97.5 Å². The summed E-state index contributed by atoms with van der Waals surface area (Å²) in [7, 11) is -16.5. The number of aromatic nitrogens is 4. The molecular weight excluding hydrogens is 1050 g/mol. The molecule has 7 rings (SSSR count). The van der Waals surface area contributed by atoms with Crippen molar-refractivity contribution in [3.05, 3.63) is 36.5 Å². The number of nitrogens with one attached hydrogen (secondary N) is 2. The second kappa shape index (κ2) is 23.0. The zero-order valence-electron chi connectivity index (χ0n) is 41.8. The van der Waals surface area contributed by atoms with Gasteiger partial charge < -0.3 is 50.9 Å². The number of amides is 2. The number of phosphoric ester groups is 3. The first-order valence-corrected chi connectivity index (χ1v) is 30.0. The quantitative estimate of drug-likeness (QED) is 0.0457. The number of carbonyl (C=O) groups excluding carboxylic acids is 4. The third kappa shape index (κ3) is 13.3. The maximum atomic E-state index is 12.9. The van der Waals surface area contributed by atoms with Crippen molar-refractivity contribution in [1.29, 1.82) is 0 Å². The first kappa shape index (κ1) is 58.4. The van der Waals surface area contributed by atoms with Crippen LogP contribution in [0.5, 0.6) is 0 Å². The number of rotatable bonds is 22. The lowest BCUT2D eigenvalue weighted by molar-refractivity contribution is -0.137. The van der Waals surface area contributed by atoms with Gasteiger partial charge in [-0.1, -0.05) is 58.0 Å². The minimum Gasteiger partial charge on any atom is -0.386 e. The molecule has 0 radical (unpaired) electrons. The molecule has 0 spiro atoms. The van der Waals surface area contributed by atoms with Crippen LogP contribution in [0, 0.1) is 45.8 Å². The molecule has 3 saturated carbocycles. The Morgan fingerprint density at radius 1 is 1.00 bits per heavy atom. The topological polar surface area (TPSA) is 381 Å². The van der Waals surface area contributed by atoms with E-state index in [9.17, 15) is 62.7 Å². The summed E-state index contributed by atoms with van der Waals surface area (Å²) in [6.07, 6.45) is 7.10. The number of hydrogen-bond acceptors (Lipinski definition) is 19. The molecule has 25 nitrogen and oxygen atoms in total. The Morgan fingerprint density at radius 2 is 1.73 bits per heavy atom. The van der Waals surface area contributed by atoms with Gasteiger partial charge in [-0.2, -0.15) is 4.31 Å². The fraction of sp³-hybridized carbons (Fsp3) is 0.711. The molecule has 1 saturated heterocycles. The monoisotopic (exact) mass is 1120 g/mol. The number of nitrogens with zero attached hydrogens (tertiary/aromatic N) is 4. The summed E-state index contributed by atoms with van der Waals surface area (Å²) in [5, 5.41) is 26.7. The number of fused-ring (bicyclic) bond motifs is 6. The van der Waals surface area contributed by atoms with E-state index in [0.29, 0.717) is 35.8 Å². The zero-order valence-corrected chi connectivity index (χ0v) is 45.3. The van der Waals surface area contributed by atoms with E-state index in [0.717, 1.165) is 61.1 Å². The number of ketones is 1. The molecule has 0 aromatic carbocycles. The SMILES string of the molecule is C[C@H](/C=C/C(=O)SCCNC(=O)CCNC(=O)[C@H](O)C(C)(C)COP(=O)(O)OP(=O)(O)OC[C@H]1O[C@@H](n2cnc3c(N)ncnc32)[C@H](O)[C@@H]1OP(=O)(O)O)[C@H]1CC[C@H]2[C@@H]3CCC4=CC(=O)CC[C@]4(C)[C@H]3CC[C@]12C. The van der Waals surface area contributed by atoms with Gasteiger partial charge in [-0.15, -0.1) is 0 Å². The lowest BCUT2D eigenvalue weighted by Gasteiger charge is -2.58. The van der Waals surface area contributed by atoms with E-state index < -0.39 is 84.6 Å². The maximum Gasteiger partial charge on any atom is 0.481 e. The predicted octanol–water partition coefficient (Wildman–Crippen LogP) is 4.01. The van der Waals surface area contributed by atoms with E-state index in [4.69, 9.17) is 19.5 Å². The summed E-state index contributed by atoms with van der Waals surface area (Å²) in [5.41, 5.74) is 5.98. The first-order chi connectivity index (χ1) is 34.5. The number of hydrogen-bond donors (Lipinski definition) is 9. The highest BCUT2D eigenvalue weighted by Crippen LogP contribution is 2.68. The number of thioether (sulfide) groups is 1. The summed E-state index contributed by atoms with van der Waals surface area (Å²) in [5.74, 6) is 1.76. The normalized spacial score (nSPS) is 31.7. The number of nitrogen functional groups attached to an aromatic ring is 1. The number of anilines is 1. The van der Waals surface area contributed by atoms with Gasteiger partial charge in [0.25, 0.3) is 0 Å². The average molecular weight is 1120 g/mol. The molecule has 4 fully saturated rings. The molecule has 1 aliphatic heterocycles. The fourth-order valence-corrected chi connectivity index (χ4v) is 15.6. The van der Waals surface area contributed by atoms with Crippen LogP contribution in [0.3, 0.4) is 0 Å². The first-order valence-electron chi connectivity index (χ1n) is 24.5. The molecule has 2 aromatic heterocycles.